The van der Waals surface area contributed by atoms with E-state index in [0.29, 0.717) is 22.3 Å². The van der Waals surface area contributed by atoms with Crippen molar-refractivity contribution in [2.45, 2.75) is 6.04 Å². The Hall–Kier alpha value is -1.30. The Balaban J connectivity index is 2.39. The van der Waals surface area contributed by atoms with Crippen molar-refractivity contribution in [3.8, 4) is 0 Å². The molecule has 102 valence electrons. The molecule has 1 aliphatic heterocycles. The molecule has 3 amide bonds. The molecular weight excluding hydrogens is 289 g/mol. The van der Waals surface area contributed by atoms with Crippen LogP contribution in [0.2, 0.25) is 10.0 Å². The van der Waals surface area contributed by atoms with Crippen molar-refractivity contribution in [2.75, 3.05) is 25.5 Å². The smallest absolute Gasteiger partial charge is 0.317 e. The molecule has 5 nitrogen and oxygen atoms in total. The van der Waals surface area contributed by atoms with Gasteiger partial charge in [0.1, 0.15) is 6.04 Å². The van der Waals surface area contributed by atoms with E-state index in [-0.39, 0.29) is 11.9 Å². The van der Waals surface area contributed by atoms with Crippen molar-refractivity contribution in [2.24, 2.45) is 0 Å². The first kappa shape index (κ1) is 14.1. The van der Waals surface area contributed by atoms with E-state index < -0.39 is 6.04 Å². The van der Waals surface area contributed by atoms with E-state index in [1.807, 2.05) is 0 Å². The molecule has 1 aliphatic rings. The van der Waals surface area contributed by atoms with Gasteiger partial charge in [-0.25, -0.2) is 9.69 Å². The van der Waals surface area contributed by atoms with E-state index >= 15 is 0 Å². The molecule has 1 atom stereocenters. The Labute approximate surface area is 121 Å². The monoisotopic (exact) mass is 301 g/mol. The Bertz CT molecular complexity index is 515. The summed E-state index contributed by atoms with van der Waals surface area (Å²) in [6.07, 6.45) is 0. The van der Waals surface area contributed by atoms with E-state index in [2.05, 4.69) is 5.32 Å². The molecule has 7 heteroatoms. The second-order valence-corrected chi connectivity index (χ2v) is 5.14. The van der Waals surface area contributed by atoms with Crippen LogP contribution < -0.4 is 10.2 Å². The lowest BCUT2D eigenvalue weighted by Gasteiger charge is -2.15. The maximum Gasteiger partial charge on any atom is 0.331 e. The first-order valence-corrected chi connectivity index (χ1v) is 6.42. The van der Waals surface area contributed by atoms with E-state index in [1.165, 1.54) is 4.90 Å². The van der Waals surface area contributed by atoms with Crippen molar-refractivity contribution < 1.29 is 9.59 Å². The highest BCUT2D eigenvalue weighted by Crippen LogP contribution is 2.29. The number of benzene rings is 1. The third-order valence-electron chi connectivity index (χ3n) is 2.97. The second kappa shape index (κ2) is 5.36. The van der Waals surface area contributed by atoms with Crippen molar-refractivity contribution in [3.63, 3.8) is 0 Å². The fourth-order valence-corrected chi connectivity index (χ4v) is 2.54. The van der Waals surface area contributed by atoms with Gasteiger partial charge in [0.2, 0.25) is 0 Å². The van der Waals surface area contributed by atoms with Gasteiger partial charge in [-0.2, -0.15) is 0 Å². The molecule has 1 saturated heterocycles. The number of amides is 3. The zero-order valence-corrected chi connectivity index (χ0v) is 12.0. The molecule has 2 rings (SSSR count). The fourth-order valence-electron chi connectivity index (χ4n) is 2.02. The summed E-state index contributed by atoms with van der Waals surface area (Å²) < 4.78 is 0. The minimum Gasteiger partial charge on any atom is -0.317 e. The van der Waals surface area contributed by atoms with Crippen LogP contribution in [-0.2, 0) is 4.79 Å². The Morgan fingerprint density at radius 1 is 1.21 bits per heavy atom. The minimum absolute atomic E-state index is 0.291. The molecule has 0 aromatic heterocycles. The molecule has 1 heterocycles. The minimum atomic E-state index is -0.518. The zero-order valence-electron chi connectivity index (χ0n) is 10.5. The normalized spacial score (nSPS) is 19.5. The van der Waals surface area contributed by atoms with Crippen LogP contribution in [0.15, 0.2) is 18.2 Å². The van der Waals surface area contributed by atoms with Gasteiger partial charge in [0.05, 0.1) is 5.69 Å². The Kier molecular flexibility index (Phi) is 3.99. The van der Waals surface area contributed by atoms with Gasteiger partial charge in [-0.3, -0.25) is 4.79 Å². The summed E-state index contributed by atoms with van der Waals surface area (Å²) in [5, 5.41) is 3.65. The van der Waals surface area contributed by atoms with Crippen LogP contribution in [0.25, 0.3) is 0 Å². The first-order valence-electron chi connectivity index (χ1n) is 5.67. The largest absolute Gasteiger partial charge is 0.331 e. The van der Waals surface area contributed by atoms with Gasteiger partial charge >= 0.3 is 6.03 Å². The molecule has 19 heavy (non-hydrogen) atoms. The zero-order chi connectivity index (χ0) is 14.2. The van der Waals surface area contributed by atoms with Crippen LogP contribution in [0.1, 0.15) is 0 Å². The molecule has 1 aromatic carbocycles. The second-order valence-electron chi connectivity index (χ2n) is 4.27. The number of nitrogens with zero attached hydrogens (tertiary/aromatic N) is 2. The number of carbonyl (C=O) groups is 2. The van der Waals surface area contributed by atoms with Gasteiger partial charge in [-0.1, -0.05) is 23.2 Å². The topological polar surface area (TPSA) is 52.7 Å². The molecule has 0 spiro atoms. The lowest BCUT2D eigenvalue weighted by molar-refractivity contribution is -0.119. The Morgan fingerprint density at radius 2 is 1.79 bits per heavy atom. The molecule has 1 N–H and O–H groups in total. The summed E-state index contributed by atoms with van der Waals surface area (Å²) in [7, 11) is 3.32. The van der Waals surface area contributed by atoms with Crippen molar-refractivity contribution in [1.82, 2.24) is 10.2 Å². The number of hydrogen-bond donors (Lipinski definition) is 1. The summed E-state index contributed by atoms with van der Waals surface area (Å²) in [4.78, 5) is 26.9. The number of carbonyl (C=O) groups excluding carboxylic acids is 2. The maximum absolute atomic E-state index is 12.3. The highest BCUT2D eigenvalue weighted by Gasteiger charge is 2.43. The van der Waals surface area contributed by atoms with Crippen LogP contribution in [0.5, 0.6) is 0 Å². The summed E-state index contributed by atoms with van der Waals surface area (Å²) >= 11 is 11.8. The van der Waals surface area contributed by atoms with Crippen molar-refractivity contribution in [3.05, 3.63) is 28.2 Å². The predicted molar refractivity (Wildman–Crippen MR) is 74.8 cm³/mol. The summed E-state index contributed by atoms with van der Waals surface area (Å²) in [6.45, 7) is 0.395. The third kappa shape index (κ3) is 2.54. The summed E-state index contributed by atoms with van der Waals surface area (Å²) in [5.74, 6) is -0.291. The number of rotatable bonds is 3. The van der Waals surface area contributed by atoms with Gasteiger partial charge in [0.25, 0.3) is 5.91 Å². The molecular formula is C12H13Cl2N3O2. The van der Waals surface area contributed by atoms with Crippen LogP contribution in [0, 0.1) is 0 Å². The molecule has 0 radical (unpaired) electrons. The lowest BCUT2D eigenvalue weighted by atomic mass is 10.2. The SMILES string of the molecule is CNC[C@H]1C(=O)N(c2cc(Cl)cc(Cl)c2)C(=O)N1C. The van der Waals surface area contributed by atoms with Crippen LogP contribution >= 0.6 is 23.2 Å². The maximum atomic E-state index is 12.3. The summed E-state index contributed by atoms with van der Waals surface area (Å²) in [5.41, 5.74) is 0.387. The van der Waals surface area contributed by atoms with Gasteiger partial charge < -0.3 is 10.2 Å². The number of anilines is 1. The van der Waals surface area contributed by atoms with Gasteiger partial charge in [-0.05, 0) is 25.2 Å². The van der Waals surface area contributed by atoms with Crippen molar-refractivity contribution in [1.29, 1.82) is 0 Å². The third-order valence-corrected chi connectivity index (χ3v) is 3.41. The first-order chi connectivity index (χ1) is 8.95. The lowest BCUT2D eigenvalue weighted by Crippen LogP contribution is -2.39. The molecule has 1 fully saturated rings. The van der Waals surface area contributed by atoms with E-state index in [9.17, 15) is 9.59 Å². The molecule has 0 unspecified atom stereocenters. The number of nitrogens with one attached hydrogen (secondary N) is 1. The fraction of sp³-hybridized carbons (Fsp3) is 0.333. The molecule has 0 saturated carbocycles. The Morgan fingerprint density at radius 3 is 2.32 bits per heavy atom. The van der Waals surface area contributed by atoms with Crippen LogP contribution in [0.3, 0.4) is 0 Å². The average molecular weight is 302 g/mol. The highest BCUT2D eigenvalue weighted by atomic mass is 35.5. The van der Waals surface area contributed by atoms with Crippen LogP contribution in [0.4, 0.5) is 10.5 Å². The number of imide groups is 1. The van der Waals surface area contributed by atoms with Crippen LogP contribution in [-0.4, -0.2) is 43.5 Å². The van der Waals surface area contributed by atoms with E-state index in [1.54, 1.807) is 32.3 Å². The highest BCUT2D eigenvalue weighted by molar-refractivity contribution is 6.35. The molecule has 0 bridgehead atoms. The molecule has 1 aromatic rings. The van der Waals surface area contributed by atoms with Gasteiger partial charge in [0, 0.05) is 23.6 Å². The quantitative estimate of drug-likeness (QED) is 0.869. The van der Waals surface area contributed by atoms with Gasteiger partial charge in [-0.15, -0.1) is 0 Å². The number of halogens is 2. The molecule has 0 aliphatic carbocycles. The van der Waals surface area contributed by atoms with E-state index in [0.717, 1.165) is 4.90 Å². The number of hydrogen-bond acceptors (Lipinski definition) is 3. The summed E-state index contributed by atoms with van der Waals surface area (Å²) in [6, 6.07) is 3.73. The van der Waals surface area contributed by atoms with E-state index in [4.69, 9.17) is 23.2 Å². The average Bonchev–Trinajstić information content (AvgIpc) is 2.52. The number of likely N-dealkylation sites (N-methyl/N-ethyl adjacent to an activating group) is 2. The van der Waals surface area contributed by atoms with Crippen molar-refractivity contribution >= 4 is 40.8 Å². The van der Waals surface area contributed by atoms with Gasteiger partial charge in [0.15, 0.2) is 0 Å². The standard InChI is InChI=1S/C12H13Cl2N3O2/c1-15-6-10-11(18)17(12(19)16(10)2)9-4-7(13)3-8(14)5-9/h3-5,10,15H,6H2,1-2H3/t10-/m0/s1. The number of urea groups is 1. The predicted octanol–water partition coefficient (Wildman–Crippen LogP) is 1.98.